The molecule has 136 valence electrons. The molecular weight excluding hydrogens is 294 g/mol. The first kappa shape index (κ1) is 20.7. The zero-order valence-corrected chi connectivity index (χ0v) is 16.5. The van der Waals surface area contributed by atoms with E-state index < -0.39 is 0 Å². The van der Waals surface area contributed by atoms with Gasteiger partial charge in [0.1, 0.15) is 0 Å². The van der Waals surface area contributed by atoms with E-state index in [1.165, 1.54) is 43.2 Å². The molecule has 0 radical (unpaired) electrons. The van der Waals surface area contributed by atoms with Crippen LogP contribution in [0.3, 0.4) is 0 Å². The van der Waals surface area contributed by atoms with Crippen molar-refractivity contribution in [2.75, 3.05) is 6.54 Å². The standard InChI is InChI=1S/C11H13NO.C8H16.C3H8/c1-9(13)12-7-6-10-4-2-3-5-11(10)8-12;1-7-4-3-5-8(2)6-7;1-3-2/h2-5H,6-8H2,1H3;7-8H,3-6H2,1-2H3;3H2,1-2H3. The van der Waals surface area contributed by atoms with Gasteiger partial charge in [0.05, 0.1) is 0 Å². The van der Waals surface area contributed by atoms with Crippen molar-refractivity contribution in [1.82, 2.24) is 4.90 Å². The second-order valence-electron chi connectivity index (χ2n) is 7.54. The molecule has 1 aliphatic carbocycles. The minimum absolute atomic E-state index is 0.175. The summed E-state index contributed by atoms with van der Waals surface area (Å²) in [6.45, 7) is 12.3. The molecule has 2 aliphatic rings. The van der Waals surface area contributed by atoms with Crippen LogP contribution in [-0.4, -0.2) is 17.4 Å². The summed E-state index contributed by atoms with van der Waals surface area (Å²) < 4.78 is 0. The Kier molecular flexibility index (Phi) is 9.75. The van der Waals surface area contributed by atoms with Crippen LogP contribution < -0.4 is 0 Å². The second-order valence-corrected chi connectivity index (χ2v) is 7.54. The highest BCUT2D eigenvalue weighted by molar-refractivity contribution is 5.73. The number of nitrogens with zero attached hydrogens (tertiary/aromatic N) is 1. The number of fused-ring (bicyclic) bond motifs is 1. The molecule has 1 heterocycles. The van der Waals surface area contributed by atoms with Gasteiger partial charge in [0.2, 0.25) is 5.91 Å². The third kappa shape index (κ3) is 7.51. The Morgan fingerprint density at radius 1 is 1.08 bits per heavy atom. The van der Waals surface area contributed by atoms with Crippen LogP contribution in [0.15, 0.2) is 24.3 Å². The largest absolute Gasteiger partial charge is 0.338 e. The minimum atomic E-state index is 0.175. The molecule has 1 aliphatic heterocycles. The van der Waals surface area contributed by atoms with Gasteiger partial charge in [-0.25, -0.2) is 0 Å². The van der Waals surface area contributed by atoms with Crippen molar-refractivity contribution in [3.63, 3.8) is 0 Å². The molecule has 0 spiro atoms. The lowest BCUT2D eigenvalue weighted by atomic mass is 9.84. The maximum absolute atomic E-state index is 11.1. The second kappa shape index (κ2) is 11.3. The predicted octanol–water partition coefficient (Wildman–Crippen LogP) is 5.84. The fraction of sp³-hybridized carbons (Fsp3) is 0.682. The van der Waals surface area contributed by atoms with Gasteiger partial charge < -0.3 is 4.90 Å². The van der Waals surface area contributed by atoms with Crippen LogP contribution >= 0.6 is 0 Å². The summed E-state index contributed by atoms with van der Waals surface area (Å²) >= 11 is 0. The average molecular weight is 332 g/mol. The maximum atomic E-state index is 11.1. The molecular formula is C22H37NO. The third-order valence-electron chi connectivity index (χ3n) is 4.77. The topological polar surface area (TPSA) is 20.3 Å². The number of rotatable bonds is 0. The van der Waals surface area contributed by atoms with Crippen LogP contribution in [0.1, 0.15) is 77.8 Å². The van der Waals surface area contributed by atoms with E-state index >= 15 is 0 Å². The first-order valence-corrected chi connectivity index (χ1v) is 9.80. The summed E-state index contributed by atoms with van der Waals surface area (Å²) in [5.74, 6) is 2.20. The molecule has 24 heavy (non-hydrogen) atoms. The Bertz CT molecular complexity index is 475. The van der Waals surface area contributed by atoms with Crippen LogP contribution in [0.2, 0.25) is 0 Å². The molecule has 0 bridgehead atoms. The van der Waals surface area contributed by atoms with E-state index in [1.807, 2.05) is 11.0 Å². The van der Waals surface area contributed by atoms with Gasteiger partial charge in [0, 0.05) is 20.0 Å². The fourth-order valence-corrected chi connectivity index (χ4v) is 3.50. The number of benzene rings is 1. The first-order chi connectivity index (χ1) is 11.5. The van der Waals surface area contributed by atoms with E-state index in [-0.39, 0.29) is 5.91 Å². The number of carbonyl (C=O) groups excluding carboxylic acids is 1. The average Bonchev–Trinajstić information content (AvgIpc) is 2.55. The van der Waals surface area contributed by atoms with Gasteiger partial charge in [0.25, 0.3) is 0 Å². The van der Waals surface area contributed by atoms with Crippen molar-refractivity contribution in [1.29, 1.82) is 0 Å². The molecule has 2 nitrogen and oxygen atoms in total. The quantitative estimate of drug-likeness (QED) is 0.585. The van der Waals surface area contributed by atoms with E-state index in [0.717, 1.165) is 31.3 Å². The number of carbonyl (C=O) groups is 1. The zero-order chi connectivity index (χ0) is 17.9. The Balaban J connectivity index is 0.000000224. The highest BCUT2D eigenvalue weighted by Gasteiger charge is 2.16. The highest BCUT2D eigenvalue weighted by Crippen LogP contribution is 2.27. The molecule has 0 N–H and O–H groups in total. The van der Waals surface area contributed by atoms with Gasteiger partial charge in [-0.05, 0) is 35.8 Å². The van der Waals surface area contributed by atoms with Crippen molar-refractivity contribution in [2.45, 2.75) is 79.7 Å². The van der Waals surface area contributed by atoms with Gasteiger partial charge in [-0.3, -0.25) is 4.79 Å². The van der Waals surface area contributed by atoms with Crippen LogP contribution in [0, 0.1) is 11.8 Å². The molecule has 1 aromatic carbocycles. The lowest BCUT2D eigenvalue weighted by molar-refractivity contribution is -0.129. The molecule has 2 atom stereocenters. The predicted molar refractivity (Wildman–Crippen MR) is 104 cm³/mol. The minimum Gasteiger partial charge on any atom is -0.338 e. The monoisotopic (exact) mass is 331 g/mol. The van der Waals surface area contributed by atoms with Crippen LogP contribution in [0.5, 0.6) is 0 Å². The van der Waals surface area contributed by atoms with Gasteiger partial charge in [0.15, 0.2) is 0 Å². The number of hydrogen-bond donors (Lipinski definition) is 0. The van der Waals surface area contributed by atoms with E-state index in [4.69, 9.17) is 0 Å². The van der Waals surface area contributed by atoms with E-state index in [9.17, 15) is 4.79 Å². The third-order valence-corrected chi connectivity index (χ3v) is 4.77. The highest BCUT2D eigenvalue weighted by atomic mass is 16.2. The molecule has 0 saturated heterocycles. The Hall–Kier alpha value is -1.31. The van der Waals surface area contributed by atoms with Crippen LogP contribution in [0.25, 0.3) is 0 Å². The maximum Gasteiger partial charge on any atom is 0.219 e. The molecule has 3 rings (SSSR count). The number of amides is 1. The van der Waals surface area contributed by atoms with Crippen molar-refractivity contribution in [3.05, 3.63) is 35.4 Å². The SMILES string of the molecule is CC(=O)N1CCc2ccccc2C1.CC1CCCC(C)C1.CCC. The summed E-state index contributed by atoms with van der Waals surface area (Å²) in [6, 6.07) is 8.34. The van der Waals surface area contributed by atoms with E-state index in [0.29, 0.717) is 0 Å². The smallest absolute Gasteiger partial charge is 0.219 e. The molecule has 1 fully saturated rings. The molecule has 0 aromatic heterocycles. The fourth-order valence-electron chi connectivity index (χ4n) is 3.50. The summed E-state index contributed by atoms with van der Waals surface area (Å²) in [7, 11) is 0. The summed E-state index contributed by atoms with van der Waals surface area (Å²) in [4.78, 5) is 13.0. The first-order valence-electron chi connectivity index (χ1n) is 9.80. The molecule has 1 aromatic rings. The van der Waals surface area contributed by atoms with E-state index in [1.54, 1.807) is 6.92 Å². The molecule has 2 unspecified atom stereocenters. The van der Waals surface area contributed by atoms with Crippen molar-refractivity contribution in [2.24, 2.45) is 11.8 Å². The number of hydrogen-bond acceptors (Lipinski definition) is 1. The van der Waals surface area contributed by atoms with Gasteiger partial charge in [-0.2, -0.15) is 0 Å². The summed E-state index contributed by atoms with van der Waals surface area (Å²) in [5, 5.41) is 0. The lowest BCUT2D eigenvalue weighted by Crippen LogP contribution is -2.34. The normalized spacial score (nSPS) is 22.3. The van der Waals surface area contributed by atoms with Crippen molar-refractivity contribution < 1.29 is 4.79 Å². The molecule has 1 saturated carbocycles. The molecule has 2 heteroatoms. The van der Waals surface area contributed by atoms with E-state index in [2.05, 4.69) is 45.9 Å². The van der Waals surface area contributed by atoms with Gasteiger partial charge in [-0.1, -0.05) is 77.6 Å². The Morgan fingerprint density at radius 2 is 1.62 bits per heavy atom. The Labute approximate surface area is 149 Å². The van der Waals surface area contributed by atoms with Crippen LogP contribution in [0.4, 0.5) is 0 Å². The van der Waals surface area contributed by atoms with Gasteiger partial charge >= 0.3 is 0 Å². The summed E-state index contributed by atoms with van der Waals surface area (Å²) in [6.07, 6.45) is 8.15. The zero-order valence-electron chi connectivity index (χ0n) is 16.5. The summed E-state index contributed by atoms with van der Waals surface area (Å²) in [5.41, 5.74) is 2.68. The van der Waals surface area contributed by atoms with Crippen molar-refractivity contribution in [3.8, 4) is 0 Å². The van der Waals surface area contributed by atoms with Crippen molar-refractivity contribution >= 4 is 5.91 Å². The molecule has 1 amide bonds. The van der Waals surface area contributed by atoms with Crippen LogP contribution in [-0.2, 0) is 17.8 Å². The lowest BCUT2D eigenvalue weighted by Gasteiger charge is -2.27. The Morgan fingerprint density at radius 3 is 2.08 bits per heavy atom. The van der Waals surface area contributed by atoms with Gasteiger partial charge in [-0.15, -0.1) is 0 Å².